The van der Waals surface area contributed by atoms with E-state index in [1.165, 1.54) is 12.3 Å². The second kappa shape index (κ2) is 2.99. The Morgan fingerprint density at radius 1 is 1.73 bits per heavy atom. The monoisotopic (exact) mass is 178 g/mol. The van der Waals surface area contributed by atoms with Crippen LogP contribution in [-0.2, 0) is 21.2 Å². The number of hydrogen-bond donors (Lipinski definition) is 2. The van der Waals surface area contributed by atoms with Crippen LogP contribution in [0.3, 0.4) is 0 Å². The molecule has 0 aromatic carbocycles. The van der Waals surface area contributed by atoms with E-state index in [2.05, 4.69) is 14.4 Å². The predicted octanol–water partition coefficient (Wildman–Crippen LogP) is -0.271. The summed E-state index contributed by atoms with van der Waals surface area (Å²) in [6, 6.07) is 1.53. The first-order valence-corrected chi connectivity index (χ1v) is 4.04. The Balaban J connectivity index is 2.48. The lowest BCUT2D eigenvalue weighted by atomic mass is 10.5. The topological polar surface area (TPSA) is 92.3 Å². The summed E-state index contributed by atoms with van der Waals surface area (Å²) in [6.07, 6.45) is 1.45. The molecule has 11 heavy (non-hydrogen) atoms. The number of nitrogens with one attached hydrogen (secondary N) is 1. The number of H-pyrrole nitrogens is 1. The lowest BCUT2D eigenvalue weighted by Gasteiger charge is -1.94. The van der Waals surface area contributed by atoms with Gasteiger partial charge in [-0.15, -0.1) is 0 Å². The van der Waals surface area contributed by atoms with Gasteiger partial charge in [-0.05, 0) is 6.07 Å². The summed E-state index contributed by atoms with van der Waals surface area (Å²) >= 11 is 0. The van der Waals surface area contributed by atoms with Crippen molar-refractivity contribution < 1.29 is 17.2 Å². The van der Waals surface area contributed by atoms with Crippen molar-refractivity contribution in [3.8, 4) is 0 Å². The summed E-state index contributed by atoms with van der Waals surface area (Å²) < 4.78 is 32.2. The van der Waals surface area contributed by atoms with Gasteiger partial charge in [0.05, 0.1) is 5.69 Å². The van der Waals surface area contributed by atoms with Crippen molar-refractivity contribution in [3.05, 3.63) is 18.0 Å². The van der Waals surface area contributed by atoms with Gasteiger partial charge in [0.1, 0.15) is 6.61 Å². The molecule has 0 aliphatic heterocycles. The predicted molar refractivity (Wildman–Crippen MR) is 34.9 cm³/mol. The first kappa shape index (κ1) is 8.18. The lowest BCUT2D eigenvalue weighted by molar-refractivity contribution is 0.256. The molecule has 0 radical (unpaired) electrons. The molecule has 0 spiro atoms. The molecule has 0 saturated heterocycles. The Hall–Kier alpha value is -0.920. The first-order chi connectivity index (χ1) is 5.08. The molecule has 0 amide bonds. The van der Waals surface area contributed by atoms with E-state index in [1.54, 1.807) is 0 Å². The molecular weight excluding hydrogens is 172 g/mol. The summed E-state index contributed by atoms with van der Waals surface area (Å²) in [5.41, 5.74) is 0.475. The number of aromatic nitrogens is 2. The van der Waals surface area contributed by atoms with E-state index in [0.29, 0.717) is 5.69 Å². The van der Waals surface area contributed by atoms with E-state index in [-0.39, 0.29) is 6.61 Å². The number of rotatable bonds is 3. The number of aromatic amines is 1. The molecule has 1 aromatic heterocycles. The zero-order valence-corrected chi connectivity index (χ0v) is 6.21. The summed E-state index contributed by atoms with van der Waals surface area (Å²) in [5, 5.41) is 6.00. The van der Waals surface area contributed by atoms with Crippen molar-refractivity contribution in [2.45, 2.75) is 6.61 Å². The van der Waals surface area contributed by atoms with Crippen molar-refractivity contribution in [1.82, 2.24) is 10.2 Å². The van der Waals surface area contributed by atoms with Crippen LogP contribution >= 0.6 is 0 Å². The molecule has 7 heteroatoms. The zero-order chi connectivity index (χ0) is 8.32. The van der Waals surface area contributed by atoms with Gasteiger partial charge in [-0.25, -0.2) is 4.18 Å². The molecule has 62 valence electrons. The van der Waals surface area contributed by atoms with Gasteiger partial charge in [-0.3, -0.25) is 9.65 Å². The summed E-state index contributed by atoms with van der Waals surface area (Å²) in [7, 11) is -4.35. The molecule has 0 saturated carbocycles. The van der Waals surface area contributed by atoms with Crippen LogP contribution in [0.1, 0.15) is 5.69 Å². The van der Waals surface area contributed by atoms with Crippen molar-refractivity contribution in [2.75, 3.05) is 0 Å². The standard InChI is InChI=1S/C4H6N2O4S/c7-11(8,9)10-3-4-1-2-5-6-4/h1-2H,3H2,(H,5,6)(H,7,8,9). The largest absolute Gasteiger partial charge is 0.397 e. The van der Waals surface area contributed by atoms with E-state index in [9.17, 15) is 8.42 Å². The van der Waals surface area contributed by atoms with Gasteiger partial charge in [0.15, 0.2) is 0 Å². The second-order valence-corrected chi connectivity index (χ2v) is 2.86. The van der Waals surface area contributed by atoms with Crippen LogP contribution in [0.25, 0.3) is 0 Å². The number of nitrogens with zero attached hydrogens (tertiary/aromatic N) is 1. The van der Waals surface area contributed by atoms with E-state index >= 15 is 0 Å². The van der Waals surface area contributed by atoms with Gasteiger partial charge in [0.2, 0.25) is 0 Å². The molecule has 0 aliphatic carbocycles. The van der Waals surface area contributed by atoms with E-state index in [1.807, 2.05) is 0 Å². The molecule has 0 bridgehead atoms. The van der Waals surface area contributed by atoms with Crippen LogP contribution in [0, 0.1) is 0 Å². The van der Waals surface area contributed by atoms with Crippen molar-refractivity contribution in [2.24, 2.45) is 0 Å². The minimum absolute atomic E-state index is 0.237. The molecule has 0 aliphatic rings. The van der Waals surface area contributed by atoms with Gasteiger partial charge >= 0.3 is 10.4 Å². The Morgan fingerprint density at radius 3 is 2.91 bits per heavy atom. The van der Waals surface area contributed by atoms with E-state index < -0.39 is 10.4 Å². The summed E-state index contributed by atoms with van der Waals surface area (Å²) in [6.45, 7) is -0.237. The van der Waals surface area contributed by atoms with Crippen LogP contribution in [0.4, 0.5) is 0 Å². The van der Waals surface area contributed by atoms with Gasteiger partial charge in [0.25, 0.3) is 0 Å². The highest BCUT2D eigenvalue weighted by atomic mass is 32.3. The molecule has 1 heterocycles. The quantitative estimate of drug-likeness (QED) is 0.621. The molecule has 6 nitrogen and oxygen atoms in total. The van der Waals surface area contributed by atoms with E-state index in [0.717, 1.165) is 0 Å². The molecular formula is C4H6N2O4S. The molecule has 0 unspecified atom stereocenters. The smallest absolute Gasteiger partial charge is 0.280 e. The third kappa shape index (κ3) is 3.12. The SMILES string of the molecule is O=S(=O)(O)OCc1ccn[nH]1. The van der Waals surface area contributed by atoms with Crippen LogP contribution in [0.2, 0.25) is 0 Å². The van der Waals surface area contributed by atoms with Crippen molar-refractivity contribution >= 4 is 10.4 Å². The minimum Gasteiger partial charge on any atom is -0.280 e. The first-order valence-electron chi connectivity index (χ1n) is 2.68. The number of hydrogen-bond acceptors (Lipinski definition) is 4. The van der Waals surface area contributed by atoms with Gasteiger partial charge in [-0.1, -0.05) is 0 Å². The third-order valence-electron chi connectivity index (χ3n) is 0.922. The Kier molecular flexibility index (Phi) is 2.22. The second-order valence-electron chi connectivity index (χ2n) is 1.77. The van der Waals surface area contributed by atoms with Crippen LogP contribution in [-0.4, -0.2) is 23.2 Å². The Morgan fingerprint density at radius 2 is 2.45 bits per heavy atom. The normalized spacial score (nSPS) is 11.7. The van der Waals surface area contributed by atoms with Crippen LogP contribution < -0.4 is 0 Å². The van der Waals surface area contributed by atoms with Gasteiger partial charge in [0, 0.05) is 6.20 Å². The highest BCUT2D eigenvalue weighted by molar-refractivity contribution is 7.80. The molecule has 1 rings (SSSR count). The lowest BCUT2D eigenvalue weighted by Crippen LogP contribution is -2.03. The van der Waals surface area contributed by atoms with Crippen molar-refractivity contribution in [3.63, 3.8) is 0 Å². The average molecular weight is 178 g/mol. The third-order valence-corrected chi connectivity index (χ3v) is 1.34. The van der Waals surface area contributed by atoms with Crippen molar-refractivity contribution in [1.29, 1.82) is 0 Å². The maximum atomic E-state index is 10.0. The molecule has 1 aromatic rings. The molecule has 0 fully saturated rings. The minimum atomic E-state index is -4.35. The zero-order valence-electron chi connectivity index (χ0n) is 5.39. The van der Waals surface area contributed by atoms with Gasteiger partial charge < -0.3 is 0 Å². The van der Waals surface area contributed by atoms with Gasteiger partial charge in [-0.2, -0.15) is 13.5 Å². The van der Waals surface area contributed by atoms with Crippen LogP contribution in [0.15, 0.2) is 12.3 Å². The average Bonchev–Trinajstić information content (AvgIpc) is 2.32. The molecule has 0 atom stereocenters. The fourth-order valence-corrected chi connectivity index (χ4v) is 0.779. The summed E-state index contributed by atoms with van der Waals surface area (Å²) in [5.74, 6) is 0. The Bertz CT molecular complexity index is 303. The van der Waals surface area contributed by atoms with Crippen LogP contribution in [0.5, 0.6) is 0 Å². The Labute approximate surface area is 63.1 Å². The fourth-order valence-electron chi connectivity index (χ4n) is 0.503. The maximum absolute atomic E-state index is 10.0. The highest BCUT2D eigenvalue weighted by Gasteiger charge is 2.04. The maximum Gasteiger partial charge on any atom is 0.397 e. The summed E-state index contributed by atoms with van der Waals surface area (Å²) in [4.78, 5) is 0. The highest BCUT2D eigenvalue weighted by Crippen LogP contribution is 1.97. The fraction of sp³-hybridized carbons (Fsp3) is 0.250. The molecule has 2 N–H and O–H groups in total. The van der Waals surface area contributed by atoms with E-state index in [4.69, 9.17) is 4.55 Å².